The Bertz CT molecular complexity index is 930. The Morgan fingerprint density at radius 1 is 1.23 bits per heavy atom. The molecule has 140 valence electrons. The number of nitrogens with zero attached hydrogens (tertiary/aromatic N) is 3. The number of morpholine rings is 1. The molecule has 0 bridgehead atoms. The number of carbonyl (C=O) groups excluding carboxylic acids is 1. The molecule has 3 rings (SSSR count). The van der Waals surface area contributed by atoms with Gasteiger partial charge < -0.3 is 10.1 Å². The molecule has 0 radical (unpaired) electrons. The van der Waals surface area contributed by atoms with E-state index in [0.29, 0.717) is 48.8 Å². The Morgan fingerprint density at radius 2 is 1.92 bits per heavy atom. The Balaban J connectivity index is 1.88. The molecular weight excluding hydrogens is 356 g/mol. The lowest BCUT2D eigenvalue weighted by atomic mass is 10.2. The van der Waals surface area contributed by atoms with Gasteiger partial charge in [0.05, 0.1) is 29.4 Å². The van der Waals surface area contributed by atoms with E-state index < -0.39 is 10.0 Å². The fourth-order valence-electron chi connectivity index (χ4n) is 2.90. The zero-order valence-corrected chi connectivity index (χ0v) is 15.8. The SMILES string of the molecule is Cc1ccc(NC(=O)c2cn(C)nc2C)cc1S(=O)(=O)N1CCOCC1. The van der Waals surface area contributed by atoms with E-state index in [1.54, 1.807) is 43.9 Å². The van der Waals surface area contributed by atoms with E-state index in [9.17, 15) is 13.2 Å². The third-order valence-corrected chi connectivity index (χ3v) is 6.33. The molecule has 1 aromatic heterocycles. The maximum Gasteiger partial charge on any atom is 0.259 e. The van der Waals surface area contributed by atoms with E-state index in [1.807, 2.05) is 0 Å². The summed E-state index contributed by atoms with van der Waals surface area (Å²) in [5, 5.41) is 6.90. The van der Waals surface area contributed by atoms with Gasteiger partial charge in [-0.3, -0.25) is 9.48 Å². The van der Waals surface area contributed by atoms with Crippen molar-refractivity contribution in [2.75, 3.05) is 31.6 Å². The summed E-state index contributed by atoms with van der Waals surface area (Å²) in [4.78, 5) is 12.6. The number of rotatable bonds is 4. The monoisotopic (exact) mass is 378 g/mol. The second kappa shape index (κ2) is 7.18. The van der Waals surface area contributed by atoms with E-state index in [1.165, 1.54) is 10.4 Å². The van der Waals surface area contributed by atoms with Gasteiger partial charge in [0.25, 0.3) is 5.91 Å². The van der Waals surface area contributed by atoms with Crippen molar-refractivity contribution in [3.05, 3.63) is 41.2 Å². The highest BCUT2D eigenvalue weighted by Crippen LogP contribution is 2.25. The van der Waals surface area contributed by atoms with E-state index in [0.717, 1.165) is 0 Å². The van der Waals surface area contributed by atoms with Gasteiger partial charge in [0, 0.05) is 32.0 Å². The first kappa shape index (κ1) is 18.6. The van der Waals surface area contributed by atoms with Crippen LogP contribution in [0.5, 0.6) is 0 Å². The molecule has 1 fully saturated rings. The maximum absolute atomic E-state index is 12.9. The molecule has 1 aliphatic heterocycles. The molecule has 0 saturated carbocycles. The van der Waals surface area contributed by atoms with Crippen LogP contribution in [0.25, 0.3) is 0 Å². The molecule has 1 aromatic carbocycles. The zero-order valence-electron chi connectivity index (χ0n) is 15.0. The third kappa shape index (κ3) is 3.64. The smallest absolute Gasteiger partial charge is 0.259 e. The van der Waals surface area contributed by atoms with Crippen molar-refractivity contribution in [3.63, 3.8) is 0 Å². The first-order valence-electron chi connectivity index (χ1n) is 8.29. The predicted octanol–water partition coefficient (Wildman–Crippen LogP) is 1.31. The summed E-state index contributed by atoms with van der Waals surface area (Å²) >= 11 is 0. The van der Waals surface area contributed by atoms with Crippen LogP contribution in [0.1, 0.15) is 21.6 Å². The molecule has 0 unspecified atom stereocenters. The fraction of sp³-hybridized carbons (Fsp3) is 0.412. The van der Waals surface area contributed by atoms with Crippen LogP contribution >= 0.6 is 0 Å². The lowest BCUT2D eigenvalue weighted by Crippen LogP contribution is -2.40. The molecule has 1 saturated heterocycles. The molecule has 1 amide bonds. The summed E-state index contributed by atoms with van der Waals surface area (Å²) in [6.45, 7) is 4.91. The highest BCUT2D eigenvalue weighted by molar-refractivity contribution is 7.89. The molecule has 26 heavy (non-hydrogen) atoms. The van der Waals surface area contributed by atoms with Gasteiger partial charge in [-0.05, 0) is 31.5 Å². The molecule has 1 N–H and O–H groups in total. The minimum absolute atomic E-state index is 0.195. The topological polar surface area (TPSA) is 93.5 Å². The number of aromatic nitrogens is 2. The first-order chi connectivity index (χ1) is 12.3. The Labute approximate surface area is 152 Å². The zero-order chi connectivity index (χ0) is 18.9. The molecular formula is C17H22N4O4S. The average Bonchev–Trinajstić information content (AvgIpc) is 2.95. The van der Waals surface area contributed by atoms with Gasteiger partial charge in [-0.2, -0.15) is 9.40 Å². The van der Waals surface area contributed by atoms with Gasteiger partial charge in [0.2, 0.25) is 10.0 Å². The van der Waals surface area contributed by atoms with Crippen LogP contribution in [0.15, 0.2) is 29.3 Å². The average molecular weight is 378 g/mol. The number of amides is 1. The second-order valence-corrected chi connectivity index (χ2v) is 8.16. The summed E-state index contributed by atoms with van der Waals surface area (Å²) in [6, 6.07) is 4.89. The van der Waals surface area contributed by atoms with Crippen LogP contribution in [0.4, 0.5) is 5.69 Å². The van der Waals surface area contributed by atoms with E-state index >= 15 is 0 Å². The Hall–Kier alpha value is -2.23. The number of anilines is 1. The summed E-state index contributed by atoms with van der Waals surface area (Å²) in [5.74, 6) is -0.325. The molecule has 9 heteroatoms. The fourth-order valence-corrected chi connectivity index (χ4v) is 4.56. The maximum atomic E-state index is 12.9. The van der Waals surface area contributed by atoms with Gasteiger partial charge >= 0.3 is 0 Å². The second-order valence-electron chi connectivity index (χ2n) is 6.25. The molecule has 0 spiro atoms. The summed E-state index contributed by atoms with van der Waals surface area (Å²) in [5.41, 5.74) is 2.12. The number of benzene rings is 1. The molecule has 1 aliphatic rings. The summed E-state index contributed by atoms with van der Waals surface area (Å²) in [6.07, 6.45) is 1.63. The highest BCUT2D eigenvalue weighted by atomic mass is 32.2. The third-order valence-electron chi connectivity index (χ3n) is 4.29. The van der Waals surface area contributed by atoms with Gasteiger partial charge in [0.1, 0.15) is 0 Å². The van der Waals surface area contributed by atoms with Gasteiger partial charge in [-0.25, -0.2) is 8.42 Å². The Kier molecular flexibility index (Phi) is 5.12. The standard InChI is InChI=1S/C17H22N4O4S/c1-12-4-5-14(18-17(22)15-11-20(3)19-13(15)2)10-16(12)26(23,24)21-6-8-25-9-7-21/h4-5,10-11H,6-9H2,1-3H3,(H,18,22). The minimum Gasteiger partial charge on any atom is -0.379 e. The van der Waals surface area contributed by atoms with Crippen LogP contribution in [-0.4, -0.2) is 54.7 Å². The van der Waals surface area contributed by atoms with Crippen molar-refractivity contribution in [2.45, 2.75) is 18.7 Å². The van der Waals surface area contributed by atoms with Crippen molar-refractivity contribution < 1.29 is 17.9 Å². The van der Waals surface area contributed by atoms with Crippen LogP contribution in [-0.2, 0) is 21.8 Å². The largest absolute Gasteiger partial charge is 0.379 e. The summed E-state index contributed by atoms with van der Waals surface area (Å²) < 4.78 is 34.0. The van der Waals surface area contributed by atoms with Crippen molar-refractivity contribution in [1.82, 2.24) is 14.1 Å². The van der Waals surface area contributed by atoms with Crippen molar-refractivity contribution in [1.29, 1.82) is 0 Å². The molecule has 8 nitrogen and oxygen atoms in total. The van der Waals surface area contributed by atoms with Gasteiger partial charge in [-0.1, -0.05) is 6.07 Å². The molecule has 2 aromatic rings. The normalized spacial score (nSPS) is 15.8. The predicted molar refractivity (Wildman–Crippen MR) is 96.7 cm³/mol. The number of sulfonamides is 1. The van der Waals surface area contributed by atoms with Crippen molar-refractivity contribution >= 4 is 21.6 Å². The van der Waals surface area contributed by atoms with Gasteiger partial charge in [0.15, 0.2) is 0 Å². The van der Waals surface area contributed by atoms with E-state index in [4.69, 9.17) is 4.74 Å². The van der Waals surface area contributed by atoms with Crippen LogP contribution in [0, 0.1) is 13.8 Å². The summed E-state index contributed by atoms with van der Waals surface area (Å²) in [7, 11) is -1.90. The molecule has 0 atom stereocenters. The number of hydrogen-bond acceptors (Lipinski definition) is 5. The van der Waals surface area contributed by atoms with Crippen LogP contribution in [0.2, 0.25) is 0 Å². The van der Waals surface area contributed by atoms with Gasteiger partial charge in [-0.15, -0.1) is 0 Å². The lowest BCUT2D eigenvalue weighted by Gasteiger charge is -2.26. The van der Waals surface area contributed by atoms with Crippen LogP contribution in [0.3, 0.4) is 0 Å². The minimum atomic E-state index is -3.63. The molecule has 0 aliphatic carbocycles. The van der Waals surface area contributed by atoms with Crippen molar-refractivity contribution in [3.8, 4) is 0 Å². The number of ether oxygens (including phenoxy) is 1. The molecule has 2 heterocycles. The highest BCUT2D eigenvalue weighted by Gasteiger charge is 2.28. The lowest BCUT2D eigenvalue weighted by molar-refractivity contribution is 0.0730. The number of carbonyl (C=O) groups is 1. The Morgan fingerprint density at radius 3 is 2.54 bits per heavy atom. The van der Waals surface area contributed by atoms with E-state index in [-0.39, 0.29) is 10.8 Å². The first-order valence-corrected chi connectivity index (χ1v) is 9.73. The van der Waals surface area contributed by atoms with Crippen molar-refractivity contribution in [2.24, 2.45) is 7.05 Å². The number of hydrogen-bond donors (Lipinski definition) is 1. The van der Waals surface area contributed by atoms with Crippen LogP contribution < -0.4 is 5.32 Å². The number of nitrogens with one attached hydrogen (secondary N) is 1. The van der Waals surface area contributed by atoms with E-state index in [2.05, 4.69) is 10.4 Å². The quantitative estimate of drug-likeness (QED) is 0.866. The number of aryl methyl sites for hydroxylation is 3.